The number of aromatic nitrogens is 3. The number of likely N-dealkylation sites (N-methyl/N-ethyl adjacent to an activating group) is 1. The van der Waals surface area contributed by atoms with Crippen molar-refractivity contribution in [2.45, 2.75) is 25.4 Å². The second-order valence-corrected chi connectivity index (χ2v) is 9.67. The van der Waals surface area contributed by atoms with E-state index in [0.717, 1.165) is 67.8 Å². The van der Waals surface area contributed by atoms with Crippen molar-refractivity contribution in [3.8, 4) is 0 Å². The van der Waals surface area contributed by atoms with Gasteiger partial charge in [0.25, 0.3) is 0 Å². The number of hydrogen-bond donors (Lipinski definition) is 2. The van der Waals surface area contributed by atoms with Gasteiger partial charge < -0.3 is 25.1 Å². The molecule has 0 unspecified atom stereocenters. The lowest BCUT2D eigenvalue weighted by atomic mass is 10.0. The highest BCUT2D eigenvalue weighted by Gasteiger charge is 2.25. The third-order valence-corrected chi connectivity index (χ3v) is 7.24. The number of benzene rings is 1. The minimum absolute atomic E-state index is 0.0491. The van der Waals surface area contributed by atoms with Gasteiger partial charge in [-0.3, -0.25) is 4.79 Å². The maximum absolute atomic E-state index is 12.9. The average molecular weight is 490 g/mol. The Hall–Kier alpha value is -3.27. The van der Waals surface area contributed by atoms with Crippen LogP contribution in [-0.2, 0) is 17.8 Å². The Kier molecular flexibility index (Phi) is 7.60. The van der Waals surface area contributed by atoms with Gasteiger partial charge in [0.15, 0.2) is 5.82 Å². The Labute approximate surface area is 212 Å². The zero-order valence-corrected chi connectivity index (χ0v) is 20.9. The Balaban J connectivity index is 1.24. The van der Waals surface area contributed by atoms with E-state index in [4.69, 9.17) is 0 Å². The van der Waals surface area contributed by atoms with Crippen molar-refractivity contribution in [3.05, 3.63) is 71.7 Å². The van der Waals surface area contributed by atoms with Crippen LogP contribution in [0.2, 0.25) is 0 Å². The van der Waals surface area contributed by atoms with E-state index in [9.17, 15) is 9.90 Å². The summed E-state index contributed by atoms with van der Waals surface area (Å²) in [5, 5.41) is 17.8. The lowest BCUT2D eigenvalue weighted by molar-refractivity contribution is -0.126. The molecular weight excluding hydrogens is 454 g/mol. The van der Waals surface area contributed by atoms with Gasteiger partial charge in [0, 0.05) is 52.0 Å². The molecule has 2 aliphatic rings. The number of carbonyl (C=O) groups is 1. The number of carbonyl (C=O) groups excluding carboxylic acids is 1. The zero-order chi connectivity index (χ0) is 24.9. The van der Waals surface area contributed by atoms with Gasteiger partial charge in [-0.1, -0.05) is 36.4 Å². The molecule has 0 saturated carbocycles. The molecule has 1 saturated heterocycles. The Morgan fingerprint density at radius 1 is 1.17 bits per heavy atom. The number of anilines is 1. The molecule has 190 valence electrons. The number of hydrogen-bond acceptors (Lipinski definition) is 7. The van der Waals surface area contributed by atoms with Crippen molar-refractivity contribution in [1.82, 2.24) is 29.3 Å². The van der Waals surface area contributed by atoms with E-state index in [-0.39, 0.29) is 18.6 Å². The van der Waals surface area contributed by atoms with Crippen molar-refractivity contribution in [2.75, 3.05) is 58.2 Å². The van der Waals surface area contributed by atoms with Gasteiger partial charge in [0.2, 0.25) is 5.91 Å². The second kappa shape index (κ2) is 11.2. The van der Waals surface area contributed by atoms with Crippen LogP contribution in [0.5, 0.6) is 0 Å². The first-order chi connectivity index (χ1) is 17.6. The minimum atomic E-state index is -0.270. The third kappa shape index (κ3) is 5.43. The van der Waals surface area contributed by atoms with Crippen LogP contribution in [0.4, 0.5) is 5.82 Å². The predicted molar refractivity (Wildman–Crippen MR) is 140 cm³/mol. The van der Waals surface area contributed by atoms with E-state index < -0.39 is 0 Å². The summed E-state index contributed by atoms with van der Waals surface area (Å²) in [4.78, 5) is 24.1. The van der Waals surface area contributed by atoms with Crippen LogP contribution in [-0.4, -0.2) is 93.2 Å². The number of piperazine rings is 1. The van der Waals surface area contributed by atoms with Gasteiger partial charge in [0.1, 0.15) is 11.8 Å². The van der Waals surface area contributed by atoms with Gasteiger partial charge >= 0.3 is 0 Å². The maximum atomic E-state index is 12.9. The number of aliphatic hydroxyl groups excluding tert-OH is 1. The summed E-state index contributed by atoms with van der Waals surface area (Å²) in [7, 11) is 2.16. The quantitative estimate of drug-likeness (QED) is 0.468. The summed E-state index contributed by atoms with van der Waals surface area (Å²) < 4.78 is 1.83. The fraction of sp³-hybridized carbons (Fsp3) is 0.444. The van der Waals surface area contributed by atoms with Gasteiger partial charge in [-0.2, -0.15) is 5.10 Å². The van der Waals surface area contributed by atoms with Crippen LogP contribution >= 0.6 is 0 Å². The zero-order valence-electron chi connectivity index (χ0n) is 20.9. The molecule has 1 amide bonds. The fourth-order valence-electron chi connectivity index (χ4n) is 5.07. The van der Waals surface area contributed by atoms with E-state index in [1.807, 2.05) is 52.0 Å². The molecule has 2 aromatic heterocycles. The first-order valence-electron chi connectivity index (χ1n) is 12.7. The highest BCUT2D eigenvalue weighted by molar-refractivity contribution is 5.88. The normalized spacial score (nSPS) is 18.0. The van der Waals surface area contributed by atoms with Crippen molar-refractivity contribution < 1.29 is 9.90 Å². The average Bonchev–Trinajstić information content (AvgIpc) is 3.29. The van der Waals surface area contributed by atoms with Crippen molar-refractivity contribution in [2.24, 2.45) is 0 Å². The molecule has 36 heavy (non-hydrogen) atoms. The first-order valence-corrected chi connectivity index (χ1v) is 12.7. The van der Waals surface area contributed by atoms with Crippen LogP contribution in [0.25, 0.3) is 5.52 Å². The van der Waals surface area contributed by atoms with Crippen molar-refractivity contribution in [3.63, 3.8) is 0 Å². The van der Waals surface area contributed by atoms with E-state index in [0.29, 0.717) is 18.9 Å². The van der Waals surface area contributed by atoms with Gasteiger partial charge in [-0.15, -0.1) is 0 Å². The lowest BCUT2D eigenvalue weighted by Crippen LogP contribution is -2.44. The first kappa shape index (κ1) is 24.4. The van der Waals surface area contributed by atoms with Crippen LogP contribution < -0.4 is 5.32 Å². The number of rotatable bonds is 8. The molecule has 0 spiro atoms. The minimum Gasteiger partial charge on any atom is -0.394 e. The Morgan fingerprint density at radius 3 is 2.75 bits per heavy atom. The smallest absolute Gasteiger partial charge is 0.246 e. The summed E-state index contributed by atoms with van der Waals surface area (Å²) in [6, 6.07) is 9.58. The molecule has 1 fully saturated rings. The van der Waals surface area contributed by atoms with Crippen molar-refractivity contribution >= 4 is 17.2 Å². The van der Waals surface area contributed by atoms with Crippen LogP contribution in [0, 0.1) is 0 Å². The van der Waals surface area contributed by atoms with E-state index >= 15 is 0 Å². The molecule has 2 aliphatic heterocycles. The van der Waals surface area contributed by atoms with E-state index in [2.05, 4.69) is 32.2 Å². The summed E-state index contributed by atoms with van der Waals surface area (Å²) in [5.41, 5.74) is 4.15. The lowest BCUT2D eigenvalue weighted by Gasteiger charge is -2.32. The molecule has 0 radical (unpaired) electrons. The molecule has 0 aliphatic carbocycles. The molecule has 1 aromatic carbocycles. The Morgan fingerprint density at radius 2 is 1.97 bits per heavy atom. The largest absolute Gasteiger partial charge is 0.394 e. The van der Waals surface area contributed by atoms with Gasteiger partial charge in [0.05, 0.1) is 12.6 Å². The summed E-state index contributed by atoms with van der Waals surface area (Å²) in [5.74, 6) is 0.751. The molecule has 0 bridgehead atoms. The number of amides is 1. The summed E-state index contributed by atoms with van der Waals surface area (Å²) >= 11 is 0. The van der Waals surface area contributed by atoms with Crippen LogP contribution in [0.3, 0.4) is 0 Å². The monoisotopic (exact) mass is 489 g/mol. The SMILES string of the molecule is CN1CCN(CC/C=C/C(=O)N2CCc3c(cn4ncnc(N[C@H](CO)c5ccccc5)c34)C2)CC1. The topological polar surface area (TPSA) is 89.2 Å². The molecule has 9 heteroatoms. The number of nitrogens with zero attached hydrogens (tertiary/aromatic N) is 6. The number of aliphatic hydroxyl groups is 1. The van der Waals surface area contributed by atoms with Crippen LogP contribution in [0.15, 0.2) is 55.0 Å². The number of fused-ring (bicyclic) bond motifs is 3. The van der Waals surface area contributed by atoms with Crippen molar-refractivity contribution in [1.29, 1.82) is 0 Å². The fourth-order valence-corrected chi connectivity index (χ4v) is 5.07. The molecule has 9 nitrogen and oxygen atoms in total. The highest BCUT2D eigenvalue weighted by Crippen LogP contribution is 2.30. The maximum Gasteiger partial charge on any atom is 0.246 e. The third-order valence-electron chi connectivity index (χ3n) is 7.24. The standard InChI is InChI=1S/C27H35N7O2/c1-31-13-15-32(16-14-31)11-6-5-9-25(36)33-12-10-23-22(17-33)18-34-26(23)27(28-20-29-34)30-24(19-35)21-7-3-2-4-8-21/h2-5,7-9,18,20,24,35H,6,10-17,19H2,1H3,(H,28,29,30)/b9-5+/t24-/m1/s1. The summed E-state index contributed by atoms with van der Waals surface area (Å²) in [6.07, 6.45) is 8.89. The molecule has 3 aromatic rings. The highest BCUT2D eigenvalue weighted by atomic mass is 16.3. The van der Waals surface area contributed by atoms with E-state index in [1.165, 1.54) is 6.33 Å². The van der Waals surface area contributed by atoms with E-state index in [1.54, 1.807) is 6.08 Å². The molecule has 4 heterocycles. The Bertz CT molecular complexity index is 1200. The molecule has 1 atom stereocenters. The molecule has 5 rings (SSSR count). The van der Waals surface area contributed by atoms with Gasteiger partial charge in [-0.05, 0) is 42.7 Å². The number of nitrogens with one attached hydrogen (secondary N) is 1. The van der Waals surface area contributed by atoms with Gasteiger partial charge in [-0.25, -0.2) is 9.50 Å². The predicted octanol–water partition coefficient (Wildman–Crippen LogP) is 1.95. The molecule has 2 N–H and O–H groups in total. The van der Waals surface area contributed by atoms with Crippen LogP contribution in [0.1, 0.15) is 29.2 Å². The molecular formula is C27H35N7O2. The second-order valence-electron chi connectivity index (χ2n) is 9.67. The summed E-state index contributed by atoms with van der Waals surface area (Å²) in [6.45, 7) is 6.58.